The Morgan fingerprint density at radius 1 is 0.952 bits per heavy atom. The highest BCUT2D eigenvalue weighted by Crippen LogP contribution is 2.32. The summed E-state index contributed by atoms with van der Waals surface area (Å²) in [6.45, 7) is 0. The van der Waals surface area contributed by atoms with E-state index in [4.69, 9.17) is 0 Å². The molecule has 0 atom stereocenters. The van der Waals surface area contributed by atoms with Gasteiger partial charge in [0, 0.05) is 10.8 Å². The minimum absolute atomic E-state index is 0.0571. The van der Waals surface area contributed by atoms with Crippen molar-refractivity contribution in [2.75, 3.05) is 0 Å². The van der Waals surface area contributed by atoms with Crippen molar-refractivity contribution in [1.82, 2.24) is 4.98 Å². The van der Waals surface area contributed by atoms with Crippen LogP contribution in [-0.4, -0.2) is 18.5 Å². The molecule has 1 N–H and O–H groups in total. The fourth-order valence-corrected chi connectivity index (χ4v) is 3.83. The summed E-state index contributed by atoms with van der Waals surface area (Å²) >= 11 is 3.28. The molecule has 6 heteroatoms. The zero-order chi connectivity index (χ0) is 15.0. The summed E-state index contributed by atoms with van der Waals surface area (Å²) in [5, 5.41) is 11.0. The number of pyridine rings is 1. The van der Waals surface area contributed by atoms with Crippen molar-refractivity contribution < 1.29 is 13.5 Å². The molecular formula is C15H10BrNO3S. The van der Waals surface area contributed by atoms with E-state index in [9.17, 15) is 13.5 Å². The van der Waals surface area contributed by atoms with Crippen LogP contribution in [-0.2, 0) is 9.84 Å². The van der Waals surface area contributed by atoms with Gasteiger partial charge in [0.15, 0.2) is 0 Å². The quantitative estimate of drug-likeness (QED) is 0.707. The number of rotatable bonds is 2. The molecule has 1 aromatic heterocycles. The molecule has 106 valence electrons. The highest BCUT2D eigenvalue weighted by atomic mass is 79.9. The third-order valence-corrected chi connectivity index (χ3v) is 5.55. The van der Waals surface area contributed by atoms with Crippen molar-refractivity contribution in [3.63, 3.8) is 0 Å². The second kappa shape index (κ2) is 5.13. The van der Waals surface area contributed by atoms with Gasteiger partial charge in [-0.1, -0.05) is 24.3 Å². The van der Waals surface area contributed by atoms with E-state index in [1.165, 1.54) is 18.3 Å². The highest BCUT2D eigenvalue weighted by molar-refractivity contribution is 9.10. The summed E-state index contributed by atoms with van der Waals surface area (Å²) in [4.78, 5) is 4.33. The fourth-order valence-electron chi connectivity index (χ4n) is 2.07. The largest absolute Gasteiger partial charge is 0.506 e. The number of benzene rings is 2. The van der Waals surface area contributed by atoms with Crippen LogP contribution in [0, 0.1) is 0 Å². The molecule has 0 unspecified atom stereocenters. The van der Waals surface area contributed by atoms with E-state index in [1.807, 2.05) is 0 Å². The summed E-state index contributed by atoms with van der Waals surface area (Å²) in [5.74, 6) is -0.0571. The summed E-state index contributed by atoms with van der Waals surface area (Å²) in [6.07, 6.45) is 1.28. The van der Waals surface area contributed by atoms with Crippen molar-refractivity contribution >= 4 is 36.5 Å². The van der Waals surface area contributed by atoms with Gasteiger partial charge in [0.25, 0.3) is 0 Å². The molecule has 0 radical (unpaired) electrons. The van der Waals surface area contributed by atoms with Crippen molar-refractivity contribution in [3.05, 3.63) is 59.3 Å². The van der Waals surface area contributed by atoms with Gasteiger partial charge in [0.1, 0.15) is 10.4 Å². The van der Waals surface area contributed by atoms with E-state index in [0.29, 0.717) is 15.4 Å². The number of halogens is 1. The van der Waals surface area contributed by atoms with Gasteiger partial charge in [0.2, 0.25) is 9.84 Å². The molecule has 0 fully saturated rings. The molecule has 4 nitrogen and oxygen atoms in total. The molecule has 0 aliphatic carbocycles. The van der Waals surface area contributed by atoms with Gasteiger partial charge in [-0.25, -0.2) is 13.4 Å². The Labute approximate surface area is 130 Å². The number of aromatic nitrogens is 1. The number of hydrogen-bond donors (Lipinski definition) is 1. The van der Waals surface area contributed by atoms with E-state index in [-0.39, 0.29) is 15.5 Å². The van der Waals surface area contributed by atoms with Crippen LogP contribution in [0.4, 0.5) is 0 Å². The van der Waals surface area contributed by atoms with E-state index < -0.39 is 9.84 Å². The zero-order valence-electron chi connectivity index (χ0n) is 10.7. The fraction of sp³-hybridized carbons (Fsp3) is 0. The predicted molar refractivity (Wildman–Crippen MR) is 83.0 cm³/mol. The number of sulfone groups is 1. The lowest BCUT2D eigenvalue weighted by Crippen LogP contribution is -2.01. The van der Waals surface area contributed by atoms with Crippen molar-refractivity contribution in [2.45, 2.75) is 9.79 Å². The third kappa shape index (κ3) is 2.41. The molecule has 0 spiro atoms. The maximum atomic E-state index is 12.6. The van der Waals surface area contributed by atoms with Crippen LogP contribution in [0.15, 0.2) is 69.1 Å². The first-order chi connectivity index (χ1) is 10.00. The maximum Gasteiger partial charge on any atom is 0.206 e. The number of nitrogens with zero attached hydrogens (tertiary/aromatic N) is 1. The minimum atomic E-state index is -3.61. The second-order valence-electron chi connectivity index (χ2n) is 4.46. The minimum Gasteiger partial charge on any atom is -0.506 e. The Balaban J connectivity index is 2.25. The molecule has 21 heavy (non-hydrogen) atoms. The molecule has 2 aromatic carbocycles. The van der Waals surface area contributed by atoms with E-state index in [0.717, 1.165) is 0 Å². The van der Waals surface area contributed by atoms with Crippen LogP contribution in [0.2, 0.25) is 0 Å². The van der Waals surface area contributed by atoms with Gasteiger partial charge >= 0.3 is 0 Å². The van der Waals surface area contributed by atoms with Crippen LogP contribution in [0.1, 0.15) is 0 Å². The molecule has 0 saturated heterocycles. The normalized spacial score (nSPS) is 11.7. The lowest BCUT2D eigenvalue weighted by Gasteiger charge is -2.07. The third-order valence-electron chi connectivity index (χ3n) is 3.15. The summed E-state index contributed by atoms with van der Waals surface area (Å²) in [7, 11) is -3.61. The lowest BCUT2D eigenvalue weighted by atomic mass is 10.2. The van der Waals surface area contributed by atoms with Gasteiger partial charge < -0.3 is 5.11 Å². The first-order valence-corrected chi connectivity index (χ1v) is 8.35. The molecule has 1 heterocycles. The number of aromatic hydroxyl groups is 1. The van der Waals surface area contributed by atoms with Crippen molar-refractivity contribution in [2.24, 2.45) is 0 Å². The molecule has 0 saturated carbocycles. The monoisotopic (exact) mass is 363 g/mol. The predicted octanol–water partition coefficient (Wildman–Crippen LogP) is 3.54. The van der Waals surface area contributed by atoms with Gasteiger partial charge in [-0.15, -0.1) is 0 Å². The molecular weight excluding hydrogens is 354 g/mol. The Kier molecular flexibility index (Phi) is 3.43. The van der Waals surface area contributed by atoms with Crippen LogP contribution in [0.3, 0.4) is 0 Å². The zero-order valence-corrected chi connectivity index (χ0v) is 13.1. The Morgan fingerprint density at radius 3 is 2.38 bits per heavy atom. The highest BCUT2D eigenvalue weighted by Gasteiger charge is 2.18. The van der Waals surface area contributed by atoms with E-state index in [2.05, 4.69) is 20.9 Å². The smallest absolute Gasteiger partial charge is 0.206 e. The Hall–Kier alpha value is -1.92. The van der Waals surface area contributed by atoms with Gasteiger partial charge in [-0.05, 0) is 40.2 Å². The maximum absolute atomic E-state index is 12.6. The molecule has 0 amide bonds. The topological polar surface area (TPSA) is 67.3 Å². The molecule has 3 aromatic rings. The SMILES string of the molecule is O=S(=O)(c1ccccc1)c1ccc2c(Br)ncc(O)c2c1. The van der Waals surface area contributed by atoms with E-state index in [1.54, 1.807) is 36.4 Å². The van der Waals surface area contributed by atoms with E-state index >= 15 is 0 Å². The van der Waals surface area contributed by atoms with Crippen LogP contribution in [0.5, 0.6) is 5.75 Å². The summed E-state index contributed by atoms with van der Waals surface area (Å²) in [6, 6.07) is 12.8. The summed E-state index contributed by atoms with van der Waals surface area (Å²) in [5.41, 5.74) is 0. The Bertz CT molecular complexity index is 924. The van der Waals surface area contributed by atoms with Crippen LogP contribution < -0.4 is 0 Å². The van der Waals surface area contributed by atoms with Gasteiger partial charge in [-0.2, -0.15) is 0 Å². The van der Waals surface area contributed by atoms with Gasteiger partial charge in [-0.3, -0.25) is 0 Å². The first kappa shape index (κ1) is 14.0. The number of fused-ring (bicyclic) bond motifs is 1. The number of hydrogen-bond acceptors (Lipinski definition) is 4. The van der Waals surface area contributed by atoms with Gasteiger partial charge in [0.05, 0.1) is 16.0 Å². The summed E-state index contributed by atoms with van der Waals surface area (Å²) < 4.78 is 25.7. The molecule has 0 aliphatic heterocycles. The standard InChI is InChI=1S/C15H10BrNO3S/c16-15-12-7-6-11(8-13(12)14(18)9-17-15)21(19,20)10-4-2-1-3-5-10/h1-9,18H. The second-order valence-corrected chi connectivity index (χ2v) is 7.16. The van der Waals surface area contributed by atoms with Crippen LogP contribution >= 0.6 is 15.9 Å². The molecule has 0 bridgehead atoms. The van der Waals surface area contributed by atoms with Crippen LogP contribution in [0.25, 0.3) is 10.8 Å². The Morgan fingerprint density at radius 2 is 1.67 bits per heavy atom. The average molecular weight is 364 g/mol. The molecule has 3 rings (SSSR count). The first-order valence-electron chi connectivity index (χ1n) is 6.07. The average Bonchev–Trinajstić information content (AvgIpc) is 2.51. The lowest BCUT2D eigenvalue weighted by molar-refractivity contribution is 0.479. The van der Waals surface area contributed by atoms with Crippen molar-refractivity contribution in [1.29, 1.82) is 0 Å². The van der Waals surface area contributed by atoms with Crippen molar-refractivity contribution in [3.8, 4) is 5.75 Å². The molecule has 0 aliphatic rings.